The Morgan fingerprint density at radius 1 is 1.03 bits per heavy atom. The van der Waals surface area contributed by atoms with Crippen LogP contribution in [0.1, 0.15) is 40.0 Å². The fourth-order valence-corrected chi connectivity index (χ4v) is 4.08. The van der Waals surface area contributed by atoms with E-state index in [0.717, 1.165) is 0 Å². The van der Waals surface area contributed by atoms with Crippen molar-refractivity contribution >= 4 is 24.2 Å². The van der Waals surface area contributed by atoms with E-state index in [9.17, 15) is 31.5 Å². The minimum atomic E-state index is -5.61. The molecule has 0 aliphatic heterocycles. The highest BCUT2D eigenvalue weighted by molar-refractivity contribution is 7.95. The molecular weight excluding hydrogens is 447 g/mol. The first-order valence-corrected chi connectivity index (χ1v) is 9.58. The average molecular weight is 468 g/mol. The Balaban J connectivity index is 1.97. The van der Waals surface area contributed by atoms with E-state index in [1.165, 1.54) is 0 Å². The van der Waals surface area contributed by atoms with Gasteiger partial charge in [0.2, 0.25) is 0 Å². The molecule has 0 amide bonds. The molecule has 5 atom stereocenters. The van der Waals surface area contributed by atoms with Gasteiger partial charge in [0, 0.05) is 0 Å². The summed E-state index contributed by atoms with van der Waals surface area (Å²) in [5.41, 5.74) is -0.776. The summed E-state index contributed by atoms with van der Waals surface area (Å²) in [6.45, 7) is 4.93. The third-order valence-corrected chi connectivity index (χ3v) is 5.31. The number of esters is 1. The van der Waals surface area contributed by atoms with Crippen LogP contribution in [-0.2, 0) is 28.4 Å². The van der Waals surface area contributed by atoms with Crippen molar-refractivity contribution in [2.75, 3.05) is 0 Å². The fraction of sp³-hybridized carbons (Fsp3) is 0.875. The number of fused-ring (bicyclic) bond motifs is 2. The summed E-state index contributed by atoms with van der Waals surface area (Å²) in [4.78, 5) is 24.0. The van der Waals surface area contributed by atoms with Crippen molar-refractivity contribution in [3.8, 4) is 0 Å². The van der Waals surface area contributed by atoms with Gasteiger partial charge in [-0.3, -0.25) is 4.79 Å². The van der Waals surface area contributed by atoms with Crippen LogP contribution in [0.15, 0.2) is 0 Å². The molecule has 0 aromatic carbocycles. The van der Waals surface area contributed by atoms with Gasteiger partial charge in [0.05, 0.1) is 5.92 Å². The zero-order chi connectivity index (χ0) is 22.9. The van der Waals surface area contributed by atoms with Crippen LogP contribution in [0.4, 0.5) is 26.7 Å². The van der Waals surface area contributed by atoms with E-state index in [0.29, 0.717) is 6.42 Å². The van der Waals surface area contributed by atoms with Gasteiger partial charge in [0.25, 0.3) is 6.10 Å². The molecule has 2 bridgehead atoms. The molecule has 2 rings (SSSR count). The first-order chi connectivity index (χ1) is 13.6. The van der Waals surface area contributed by atoms with Gasteiger partial charge in [-0.15, -0.1) is 4.33 Å². The normalized spacial score (nSPS) is 27.6. The molecule has 0 spiro atoms. The zero-order valence-corrected chi connectivity index (χ0v) is 16.9. The molecule has 14 heteroatoms. The van der Waals surface area contributed by atoms with Gasteiger partial charge in [-0.25, -0.2) is 10.1 Å². The lowest BCUT2D eigenvalue weighted by atomic mass is 9.87. The second-order valence-corrected chi connectivity index (χ2v) is 8.95. The molecule has 2 fully saturated rings. The molecule has 0 radical (unpaired) electrons. The first-order valence-electron chi connectivity index (χ1n) is 8.84. The molecule has 2 saturated carbocycles. The summed E-state index contributed by atoms with van der Waals surface area (Å²) in [6, 6.07) is 0. The van der Waals surface area contributed by atoms with Gasteiger partial charge in [0.15, 0.2) is 0 Å². The molecule has 5 unspecified atom stereocenters. The third-order valence-electron chi connectivity index (χ3n) is 4.74. The van der Waals surface area contributed by atoms with Crippen molar-refractivity contribution in [1.29, 1.82) is 0 Å². The predicted molar refractivity (Wildman–Crippen MR) is 88.7 cm³/mol. The Kier molecular flexibility index (Phi) is 7.47. The summed E-state index contributed by atoms with van der Waals surface area (Å²) in [5.74, 6) is -3.30. The maximum Gasteiger partial charge on any atom is 0.509 e. The van der Waals surface area contributed by atoms with Crippen molar-refractivity contribution in [3.05, 3.63) is 0 Å². The van der Waals surface area contributed by atoms with E-state index in [4.69, 9.17) is 14.7 Å². The van der Waals surface area contributed by atoms with Crippen LogP contribution >= 0.6 is 12.0 Å². The second kappa shape index (κ2) is 9.01. The number of halogens is 5. The minimum Gasteiger partial charge on any atom is -0.445 e. The Hall–Kier alpha value is -1.38. The highest BCUT2D eigenvalue weighted by Gasteiger charge is 2.62. The van der Waals surface area contributed by atoms with Gasteiger partial charge in [0.1, 0.15) is 23.7 Å². The number of hydrogen-bond acceptors (Lipinski definition) is 9. The van der Waals surface area contributed by atoms with Crippen LogP contribution in [0, 0.1) is 17.8 Å². The molecular formula is C16H21F5O8S. The Bertz CT molecular complexity index is 638. The van der Waals surface area contributed by atoms with Gasteiger partial charge in [-0.1, -0.05) is 5.04 Å². The quantitative estimate of drug-likeness (QED) is 0.190. The topological polar surface area (TPSA) is 101 Å². The second-order valence-electron chi connectivity index (χ2n) is 8.10. The Morgan fingerprint density at radius 2 is 1.67 bits per heavy atom. The van der Waals surface area contributed by atoms with Crippen LogP contribution in [0.3, 0.4) is 0 Å². The predicted octanol–water partition coefficient (Wildman–Crippen LogP) is 4.49. The maximum absolute atomic E-state index is 13.7. The minimum absolute atomic E-state index is 0.0243. The highest BCUT2D eigenvalue weighted by Crippen LogP contribution is 2.51. The number of carbonyl (C=O) groups is 2. The number of ether oxygens (including phenoxy) is 3. The van der Waals surface area contributed by atoms with E-state index in [1.807, 2.05) is 0 Å². The first kappa shape index (κ1) is 24.9. The maximum atomic E-state index is 13.7. The number of alkyl halides is 5. The Morgan fingerprint density at radius 3 is 2.13 bits per heavy atom. The molecule has 0 aromatic rings. The SMILES string of the molecule is CC(C)(C)OC(=O)OC1CC2CC1CC2C(=O)OC(C(F)(F)F)C(F)(F)SOOO. The van der Waals surface area contributed by atoms with Crippen molar-refractivity contribution in [2.45, 2.75) is 69.3 Å². The number of carbonyl (C=O) groups excluding carboxylic acids is 2. The summed E-state index contributed by atoms with van der Waals surface area (Å²) in [7, 11) is 0. The lowest BCUT2D eigenvalue weighted by Gasteiger charge is -2.30. The van der Waals surface area contributed by atoms with Crippen molar-refractivity contribution < 1.29 is 60.4 Å². The molecule has 0 heterocycles. The molecule has 30 heavy (non-hydrogen) atoms. The monoisotopic (exact) mass is 468 g/mol. The molecule has 8 nitrogen and oxygen atoms in total. The van der Waals surface area contributed by atoms with Crippen LogP contribution in [0.5, 0.6) is 0 Å². The zero-order valence-electron chi connectivity index (χ0n) is 16.1. The van der Waals surface area contributed by atoms with E-state index in [-0.39, 0.29) is 18.8 Å². The van der Waals surface area contributed by atoms with Crippen LogP contribution < -0.4 is 0 Å². The van der Waals surface area contributed by atoms with Crippen molar-refractivity contribution in [2.24, 2.45) is 17.8 Å². The molecule has 0 aromatic heterocycles. The fourth-order valence-electron chi connectivity index (χ4n) is 3.69. The number of hydrogen-bond donors (Lipinski definition) is 1. The summed E-state index contributed by atoms with van der Waals surface area (Å²) in [6.07, 6.45) is -10.3. The van der Waals surface area contributed by atoms with E-state index >= 15 is 0 Å². The Labute approximate surface area is 172 Å². The molecule has 2 aliphatic carbocycles. The van der Waals surface area contributed by atoms with Gasteiger partial charge < -0.3 is 14.2 Å². The largest absolute Gasteiger partial charge is 0.509 e. The van der Waals surface area contributed by atoms with Crippen LogP contribution in [0.2, 0.25) is 0 Å². The highest BCUT2D eigenvalue weighted by atomic mass is 32.2. The lowest BCUT2D eigenvalue weighted by molar-refractivity contribution is -0.434. The molecule has 174 valence electrons. The smallest absolute Gasteiger partial charge is 0.445 e. The molecule has 2 aliphatic rings. The van der Waals surface area contributed by atoms with Gasteiger partial charge in [-0.05, 0) is 51.9 Å². The molecule has 0 saturated heterocycles. The van der Waals surface area contributed by atoms with E-state index < -0.39 is 65.2 Å². The lowest BCUT2D eigenvalue weighted by Crippen LogP contribution is -2.47. The van der Waals surface area contributed by atoms with Crippen molar-refractivity contribution in [1.82, 2.24) is 0 Å². The van der Waals surface area contributed by atoms with E-state index in [2.05, 4.69) is 14.1 Å². The summed E-state index contributed by atoms with van der Waals surface area (Å²) < 4.78 is 84.3. The average Bonchev–Trinajstić information content (AvgIpc) is 3.14. The number of rotatable bonds is 7. The van der Waals surface area contributed by atoms with Crippen molar-refractivity contribution in [3.63, 3.8) is 0 Å². The van der Waals surface area contributed by atoms with Crippen LogP contribution in [0.25, 0.3) is 0 Å². The van der Waals surface area contributed by atoms with Gasteiger partial charge >= 0.3 is 23.6 Å². The molecule has 1 N–H and O–H groups in total. The third kappa shape index (κ3) is 6.31. The van der Waals surface area contributed by atoms with Crippen LogP contribution in [-0.4, -0.2) is 46.6 Å². The van der Waals surface area contributed by atoms with E-state index in [1.54, 1.807) is 20.8 Å². The summed E-state index contributed by atoms with van der Waals surface area (Å²) in [5, 5.41) is 5.98. The summed E-state index contributed by atoms with van der Waals surface area (Å²) >= 11 is -1.15. The standard InChI is InChI=1S/C16H21F5O8S/c1-14(2,3)27-13(23)25-10-6-7-4-8(10)5-9(7)11(22)26-12(15(17,18)19)16(20,21)30-29-28-24/h7-10,12,24H,4-6H2,1-3H3. The van der Waals surface area contributed by atoms with Gasteiger partial charge in [-0.2, -0.15) is 22.0 Å².